The van der Waals surface area contributed by atoms with E-state index < -0.39 is 34.9 Å². The number of piperazine rings is 2. The summed E-state index contributed by atoms with van der Waals surface area (Å²) in [6, 6.07) is 8.84. The minimum absolute atomic E-state index is 0.0167. The van der Waals surface area contributed by atoms with Crippen molar-refractivity contribution in [3.05, 3.63) is 59.2 Å². The Balaban J connectivity index is 0.796. The predicted molar refractivity (Wildman–Crippen MR) is 220 cm³/mol. The average molecular weight is 827 g/mol. The first kappa shape index (κ1) is 39.9. The van der Waals surface area contributed by atoms with Gasteiger partial charge in [-0.3, -0.25) is 24.6 Å². The van der Waals surface area contributed by atoms with Crippen molar-refractivity contribution in [2.24, 2.45) is 5.92 Å². The molecule has 0 spiro atoms. The van der Waals surface area contributed by atoms with Crippen molar-refractivity contribution < 1.29 is 33.1 Å². The molecule has 3 N–H and O–H groups in total. The zero-order chi connectivity index (χ0) is 42.0. The number of phenols is 1. The van der Waals surface area contributed by atoms with Gasteiger partial charge in [-0.15, -0.1) is 10.2 Å². The van der Waals surface area contributed by atoms with Crippen LogP contribution in [0.25, 0.3) is 11.3 Å². The van der Waals surface area contributed by atoms with E-state index in [2.05, 4.69) is 62.4 Å². The van der Waals surface area contributed by atoms with Gasteiger partial charge in [-0.05, 0) is 75.3 Å². The molecule has 0 radical (unpaired) electrons. The molecule has 0 bridgehead atoms. The van der Waals surface area contributed by atoms with Crippen molar-refractivity contribution in [3.63, 3.8) is 0 Å². The molecular weight excluding hydrogens is 775 g/mol. The van der Waals surface area contributed by atoms with Gasteiger partial charge in [0.1, 0.15) is 11.9 Å². The predicted octanol–water partition coefficient (Wildman–Crippen LogP) is 4.02. The highest BCUT2D eigenvalue weighted by molar-refractivity contribution is 6.05. The number of phenolic OH excluding ortho intramolecular Hbond substituents is 1. The number of benzene rings is 2. The highest BCUT2D eigenvalue weighted by atomic mass is 19.1. The van der Waals surface area contributed by atoms with Crippen molar-refractivity contribution in [3.8, 4) is 17.0 Å². The number of anilines is 3. The van der Waals surface area contributed by atoms with Gasteiger partial charge in [0.05, 0.1) is 16.9 Å². The molecule has 4 saturated heterocycles. The Morgan fingerprint density at radius 1 is 0.950 bits per heavy atom. The number of nitrogens with one attached hydrogen (secondary N) is 2. The van der Waals surface area contributed by atoms with Crippen LogP contribution in [0.3, 0.4) is 0 Å². The van der Waals surface area contributed by atoms with Gasteiger partial charge in [0.2, 0.25) is 11.8 Å². The standard InChI is InChI=1S/C43H52F2N10O5/c1-4-43-23-46-39-36(18-34(48-49-39)32-15-29(44)16-33(45)38(32)57)54(43)14-13-52(24-43)42(60)55-25(2)19-50(20-26(55)3)21-27-9-11-51(12-10-27)30-6-5-28-22-53(41(59)31(28)17-30)35-7-8-37(56)47-40(35)58/h5-6,15-18,25-27,35,57H,4,7-14,19-24H2,1-3H3,(H,46,49)(H,47,56,58)/t25-,26+,35-,43-/m1/s1. The Bertz CT molecular complexity index is 2230. The maximum atomic E-state index is 14.4. The Kier molecular flexibility index (Phi) is 10.3. The molecule has 2 aromatic carbocycles. The monoisotopic (exact) mass is 826 g/mol. The molecule has 5 amide bonds. The van der Waals surface area contributed by atoms with E-state index in [1.807, 2.05) is 21.9 Å². The highest BCUT2D eigenvalue weighted by Gasteiger charge is 2.48. The van der Waals surface area contributed by atoms with Crippen molar-refractivity contribution >= 4 is 40.9 Å². The van der Waals surface area contributed by atoms with Crippen LogP contribution in [0.1, 0.15) is 68.8 Å². The molecule has 9 rings (SSSR count). The fourth-order valence-electron chi connectivity index (χ4n) is 10.6. The third kappa shape index (κ3) is 7.03. The third-order valence-electron chi connectivity index (χ3n) is 13.8. The van der Waals surface area contributed by atoms with Gasteiger partial charge in [0.15, 0.2) is 17.4 Å². The third-order valence-corrected chi connectivity index (χ3v) is 13.8. The van der Waals surface area contributed by atoms with Crippen molar-refractivity contribution in [2.75, 3.05) is 74.0 Å². The quantitative estimate of drug-likeness (QED) is 0.309. The largest absolute Gasteiger partial charge is 0.504 e. The van der Waals surface area contributed by atoms with Crippen LogP contribution >= 0.6 is 0 Å². The fourth-order valence-corrected chi connectivity index (χ4v) is 10.6. The number of hydrogen-bond donors (Lipinski definition) is 3. The smallest absolute Gasteiger partial charge is 0.320 e. The van der Waals surface area contributed by atoms with E-state index in [0.717, 1.165) is 69.3 Å². The number of fused-ring (bicyclic) bond motifs is 4. The Morgan fingerprint density at radius 2 is 1.72 bits per heavy atom. The van der Waals surface area contributed by atoms with Crippen LogP contribution in [0.15, 0.2) is 36.4 Å². The van der Waals surface area contributed by atoms with E-state index in [-0.39, 0.29) is 47.6 Å². The molecule has 17 heteroatoms. The molecule has 4 fully saturated rings. The van der Waals surface area contributed by atoms with Gasteiger partial charge in [-0.25, -0.2) is 13.6 Å². The zero-order valence-electron chi connectivity index (χ0n) is 34.3. The SMILES string of the molecule is CC[C@]12CNc3nnc(-c4cc(F)cc(F)c4O)cc3N1CCN(C(=O)N1[C@H](C)CN(CC3CCN(c4ccc5c(c4)C(=O)N([C@@H]4CCC(=O)NC4=O)C5)CC3)C[C@@H]1C)C2. The lowest BCUT2D eigenvalue weighted by atomic mass is 9.87. The van der Waals surface area contributed by atoms with Gasteiger partial charge in [-0.1, -0.05) is 13.0 Å². The molecule has 60 heavy (non-hydrogen) atoms. The zero-order valence-corrected chi connectivity index (χ0v) is 34.3. The minimum atomic E-state index is -1.07. The van der Waals surface area contributed by atoms with E-state index in [1.54, 1.807) is 11.0 Å². The van der Waals surface area contributed by atoms with Gasteiger partial charge in [-0.2, -0.15) is 0 Å². The summed E-state index contributed by atoms with van der Waals surface area (Å²) in [6.45, 7) is 13.1. The number of hydrogen-bond acceptors (Lipinski definition) is 11. The number of carbonyl (C=O) groups is 4. The molecule has 15 nitrogen and oxygen atoms in total. The normalized spacial score (nSPS) is 26.1. The van der Waals surface area contributed by atoms with Crippen LogP contribution in [-0.4, -0.2) is 141 Å². The Hall–Kier alpha value is -5.58. The van der Waals surface area contributed by atoms with Crippen molar-refractivity contribution in [2.45, 2.75) is 83.1 Å². The van der Waals surface area contributed by atoms with Crippen LogP contribution < -0.4 is 20.4 Å². The lowest BCUT2D eigenvalue weighted by molar-refractivity contribution is -0.136. The summed E-state index contributed by atoms with van der Waals surface area (Å²) in [4.78, 5) is 64.6. The van der Waals surface area contributed by atoms with Crippen molar-refractivity contribution in [1.29, 1.82) is 0 Å². The van der Waals surface area contributed by atoms with E-state index in [0.29, 0.717) is 68.2 Å². The number of aromatic hydroxyl groups is 1. The van der Waals surface area contributed by atoms with E-state index in [4.69, 9.17) is 0 Å². The second-order valence-electron chi connectivity index (χ2n) is 17.5. The molecule has 3 aromatic rings. The highest BCUT2D eigenvalue weighted by Crippen LogP contribution is 2.42. The molecule has 6 aliphatic heterocycles. The molecule has 7 heterocycles. The summed E-state index contributed by atoms with van der Waals surface area (Å²) in [7, 11) is 0. The molecular formula is C43H52F2N10O5. The summed E-state index contributed by atoms with van der Waals surface area (Å²) in [5, 5.41) is 24.6. The molecule has 0 unspecified atom stereocenters. The maximum Gasteiger partial charge on any atom is 0.320 e. The topological polar surface area (TPSA) is 158 Å². The summed E-state index contributed by atoms with van der Waals surface area (Å²) in [5.74, 6) is -2.38. The van der Waals surface area contributed by atoms with Crippen LogP contribution in [0, 0.1) is 17.6 Å². The van der Waals surface area contributed by atoms with Crippen LogP contribution in [-0.2, 0) is 16.1 Å². The number of urea groups is 1. The number of imide groups is 1. The van der Waals surface area contributed by atoms with Crippen LogP contribution in [0.2, 0.25) is 0 Å². The fraction of sp³-hybridized carbons (Fsp3) is 0.535. The van der Waals surface area contributed by atoms with E-state index >= 15 is 0 Å². The Labute approximate surface area is 347 Å². The first-order chi connectivity index (χ1) is 28.8. The molecule has 6 aliphatic rings. The van der Waals surface area contributed by atoms with E-state index in [1.165, 1.54) is 0 Å². The summed E-state index contributed by atoms with van der Waals surface area (Å²) >= 11 is 0. The lowest BCUT2D eigenvalue weighted by Gasteiger charge is -2.55. The summed E-state index contributed by atoms with van der Waals surface area (Å²) in [5.41, 5.74) is 2.89. The Morgan fingerprint density at radius 3 is 2.45 bits per heavy atom. The first-order valence-corrected chi connectivity index (χ1v) is 21.2. The molecule has 0 saturated carbocycles. The molecule has 0 aliphatic carbocycles. The van der Waals surface area contributed by atoms with Gasteiger partial charge in [0.25, 0.3) is 5.91 Å². The molecule has 1 aromatic heterocycles. The van der Waals surface area contributed by atoms with Crippen LogP contribution in [0.4, 0.5) is 30.8 Å². The van der Waals surface area contributed by atoms with Gasteiger partial charge in [0, 0.05) is 107 Å². The lowest BCUT2D eigenvalue weighted by Crippen LogP contribution is -2.70. The second-order valence-corrected chi connectivity index (χ2v) is 17.5. The summed E-state index contributed by atoms with van der Waals surface area (Å²) < 4.78 is 28.4. The second kappa shape index (κ2) is 15.5. The van der Waals surface area contributed by atoms with Gasteiger partial charge >= 0.3 is 6.03 Å². The van der Waals surface area contributed by atoms with Crippen LogP contribution in [0.5, 0.6) is 5.75 Å². The van der Waals surface area contributed by atoms with Gasteiger partial charge < -0.3 is 34.9 Å². The van der Waals surface area contributed by atoms with E-state index in [9.17, 15) is 33.1 Å². The number of piperidine rings is 2. The number of carbonyl (C=O) groups excluding carboxylic acids is 4. The minimum Gasteiger partial charge on any atom is -0.504 e. The number of rotatable bonds is 6. The average Bonchev–Trinajstić information content (AvgIpc) is 3.56. The molecule has 318 valence electrons. The molecule has 4 atom stereocenters. The summed E-state index contributed by atoms with van der Waals surface area (Å²) in [6.07, 6.45) is 3.34. The number of amides is 5. The maximum absolute atomic E-state index is 14.4. The number of aromatic nitrogens is 2. The van der Waals surface area contributed by atoms with Crippen molar-refractivity contribution in [1.82, 2.24) is 35.1 Å². The number of nitrogens with zero attached hydrogens (tertiary/aromatic N) is 8. The first-order valence-electron chi connectivity index (χ1n) is 21.2. The number of halogens is 2.